The number of carbonyl (C=O) groups excluding carboxylic acids is 2. The minimum absolute atomic E-state index is 0.236. The molecule has 0 saturated carbocycles. The average Bonchev–Trinajstić information content (AvgIpc) is 2.65. The molecule has 1 amide bonds. The number of benzene rings is 2. The summed E-state index contributed by atoms with van der Waals surface area (Å²) in [7, 11) is -4.15. The van der Waals surface area contributed by atoms with Gasteiger partial charge in [0, 0.05) is 11.6 Å². The molecule has 0 aliphatic carbocycles. The number of anilines is 1. The molecule has 0 unspecified atom stereocenters. The maximum atomic E-state index is 13.1. The van der Waals surface area contributed by atoms with Crippen LogP contribution in [0, 0.1) is 11.6 Å². The molecule has 2 rings (SSSR count). The minimum atomic E-state index is -4.15. The Morgan fingerprint density at radius 2 is 1.76 bits per heavy atom. The Labute approximate surface area is 175 Å². The number of amides is 1. The maximum Gasteiger partial charge on any atom is 0.307 e. The zero-order valence-corrected chi connectivity index (χ0v) is 16.9. The fourth-order valence-electron chi connectivity index (χ4n) is 2.01. The third-order valence-electron chi connectivity index (χ3n) is 3.39. The normalized spacial score (nSPS) is 11.2. The SMILES string of the molecule is O=C(COC(=O)CCNS(=O)(=O)c1ccc(F)c(F)c1)Nc1cc(Cl)ccc1Cl. The van der Waals surface area contributed by atoms with Crippen molar-refractivity contribution in [2.75, 3.05) is 18.5 Å². The molecular weight excluding hydrogens is 453 g/mol. The van der Waals surface area contributed by atoms with Crippen LogP contribution in [0.25, 0.3) is 0 Å². The minimum Gasteiger partial charge on any atom is -0.456 e. The molecular formula is C17H14Cl2F2N2O5S. The van der Waals surface area contributed by atoms with E-state index in [-0.39, 0.29) is 17.3 Å². The zero-order valence-electron chi connectivity index (χ0n) is 14.5. The molecule has 156 valence electrons. The molecule has 0 atom stereocenters. The standard InChI is InChI=1S/C17H14Cl2F2N2O5S/c18-10-1-3-12(19)15(7-10)23-16(24)9-28-17(25)5-6-22-29(26,27)11-2-4-13(20)14(21)8-11/h1-4,7-8,22H,5-6,9H2,(H,23,24). The third kappa shape index (κ3) is 6.93. The van der Waals surface area contributed by atoms with Crippen LogP contribution in [0.1, 0.15) is 6.42 Å². The van der Waals surface area contributed by atoms with Crippen LogP contribution in [-0.2, 0) is 24.3 Å². The van der Waals surface area contributed by atoms with Gasteiger partial charge in [0.2, 0.25) is 10.0 Å². The third-order valence-corrected chi connectivity index (χ3v) is 5.41. The molecule has 12 heteroatoms. The predicted octanol–water partition coefficient (Wildman–Crippen LogP) is 3.12. The molecule has 2 aromatic rings. The van der Waals surface area contributed by atoms with Crippen LogP contribution in [0.3, 0.4) is 0 Å². The second kappa shape index (κ2) is 9.97. The molecule has 0 spiro atoms. The highest BCUT2D eigenvalue weighted by molar-refractivity contribution is 7.89. The van der Waals surface area contributed by atoms with Gasteiger partial charge in [-0.2, -0.15) is 0 Å². The first-order valence-electron chi connectivity index (χ1n) is 7.94. The van der Waals surface area contributed by atoms with Gasteiger partial charge >= 0.3 is 5.97 Å². The second-order valence-electron chi connectivity index (χ2n) is 5.56. The van der Waals surface area contributed by atoms with E-state index in [1.54, 1.807) is 0 Å². The van der Waals surface area contributed by atoms with Crippen molar-refractivity contribution >= 4 is 50.8 Å². The van der Waals surface area contributed by atoms with E-state index in [0.717, 1.165) is 6.07 Å². The first-order chi connectivity index (χ1) is 13.6. The highest BCUT2D eigenvalue weighted by Gasteiger charge is 2.17. The zero-order chi connectivity index (χ0) is 21.6. The van der Waals surface area contributed by atoms with Gasteiger partial charge in [-0.1, -0.05) is 23.2 Å². The number of rotatable bonds is 8. The molecule has 0 saturated heterocycles. The van der Waals surface area contributed by atoms with Crippen molar-refractivity contribution in [2.24, 2.45) is 0 Å². The van der Waals surface area contributed by atoms with Crippen LogP contribution in [0.2, 0.25) is 10.0 Å². The summed E-state index contributed by atoms with van der Waals surface area (Å²) < 4.78 is 56.7. The number of halogens is 4. The fraction of sp³-hybridized carbons (Fsp3) is 0.176. The summed E-state index contributed by atoms with van der Waals surface area (Å²) in [6.07, 6.45) is -0.395. The number of ether oxygens (including phenoxy) is 1. The number of carbonyl (C=O) groups is 2. The Balaban J connectivity index is 1.78. The highest BCUT2D eigenvalue weighted by Crippen LogP contribution is 2.25. The Bertz CT molecular complexity index is 1030. The van der Waals surface area contributed by atoms with E-state index in [4.69, 9.17) is 27.9 Å². The molecule has 7 nitrogen and oxygen atoms in total. The van der Waals surface area contributed by atoms with E-state index in [9.17, 15) is 26.8 Å². The predicted molar refractivity (Wildman–Crippen MR) is 102 cm³/mol. The lowest BCUT2D eigenvalue weighted by Crippen LogP contribution is -2.28. The molecule has 0 aromatic heterocycles. The van der Waals surface area contributed by atoms with Crippen LogP contribution in [0.15, 0.2) is 41.3 Å². The monoisotopic (exact) mass is 466 g/mol. The van der Waals surface area contributed by atoms with Gasteiger partial charge in [-0.15, -0.1) is 0 Å². The number of esters is 1. The Morgan fingerprint density at radius 1 is 1.03 bits per heavy atom. The number of hydrogen-bond donors (Lipinski definition) is 2. The summed E-state index contributed by atoms with van der Waals surface area (Å²) in [5.41, 5.74) is 0.236. The van der Waals surface area contributed by atoms with Crippen LogP contribution in [0.4, 0.5) is 14.5 Å². The summed E-state index contributed by atoms with van der Waals surface area (Å²) in [4.78, 5) is 22.9. The van der Waals surface area contributed by atoms with Crippen molar-refractivity contribution in [1.82, 2.24) is 4.72 Å². The average molecular weight is 467 g/mol. The molecule has 2 aromatic carbocycles. The van der Waals surface area contributed by atoms with E-state index in [0.29, 0.717) is 17.2 Å². The van der Waals surface area contributed by atoms with Gasteiger partial charge in [-0.25, -0.2) is 21.9 Å². The quantitative estimate of drug-likeness (QED) is 0.581. The Hall–Kier alpha value is -2.27. The number of sulfonamides is 1. The smallest absolute Gasteiger partial charge is 0.307 e. The van der Waals surface area contributed by atoms with Crippen molar-refractivity contribution in [3.63, 3.8) is 0 Å². The summed E-state index contributed by atoms with van der Waals surface area (Å²) in [5, 5.41) is 2.99. The van der Waals surface area contributed by atoms with Gasteiger partial charge in [0.1, 0.15) is 0 Å². The molecule has 0 aliphatic rings. The summed E-state index contributed by atoms with van der Waals surface area (Å²) in [6, 6.07) is 6.48. The molecule has 0 aliphatic heterocycles. The van der Waals surface area contributed by atoms with Crippen LogP contribution in [-0.4, -0.2) is 33.4 Å². The van der Waals surface area contributed by atoms with Crippen LogP contribution < -0.4 is 10.0 Å². The molecule has 29 heavy (non-hydrogen) atoms. The fourth-order valence-corrected chi connectivity index (χ4v) is 3.39. The van der Waals surface area contributed by atoms with Gasteiger partial charge < -0.3 is 10.1 Å². The van der Waals surface area contributed by atoms with Crippen molar-refractivity contribution < 1.29 is 31.5 Å². The molecule has 0 fully saturated rings. The van der Waals surface area contributed by atoms with E-state index in [1.807, 2.05) is 4.72 Å². The van der Waals surface area contributed by atoms with Crippen molar-refractivity contribution in [2.45, 2.75) is 11.3 Å². The lowest BCUT2D eigenvalue weighted by atomic mass is 10.3. The van der Waals surface area contributed by atoms with Gasteiger partial charge in [-0.05, 0) is 36.4 Å². The number of hydrogen-bond acceptors (Lipinski definition) is 5. The topological polar surface area (TPSA) is 102 Å². The van der Waals surface area contributed by atoms with Gasteiger partial charge in [0.15, 0.2) is 18.2 Å². The summed E-state index contributed by atoms with van der Waals surface area (Å²) >= 11 is 11.7. The second-order valence-corrected chi connectivity index (χ2v) is 8.17. The molecule has 0 radical (unpaired) electrons. The van der Waals surface area contributed by atoms with Crippen LogP contribution in [0.5, 0.6) is 0 Å². The largest absolute Gasteiger partial charge is 0.456 e. The van der Waals surface area contributed by atoms with Gasteiger partial charge in [-0.3, -0.25) is 9.59 Å². The number of nitrogens with one attached hydrogen (secondary N) is 2. The summed E-state index contributed by atoms with van der Waals surface area (Å²) in [6.45, 7) is -1.00. The van der Waals surface area contributed by atoms with E-state index in [2.05, 4.69) is 5.32 Å². The van der Waals surface area contributed by atoms with Crippen molar-refractivity contribution in [1.29, 1.82) is 0 Å². The van der Waals surface area contributed by atoms with E-state index >= 15 is 0 Å². The first-order valence-corrected chi connectivity index (χ1v) is 10.2. The van der Waals surface area contributed by atoms with Crippen molar-refractivity contribution in [3.05, 3.63) is 58.1 Å². The Morgan fingerprint density at radius 3 is 2.45 bits per heavy atom. The van der Waals surface area contributed by atoms with Gasteiger partial charge in [0.05, 0.1) is 22.0 Å². The maximum absolute atomic E-state index is 13.1. The van der Waals surface area contributed by atoms with Crippen LogP contribution >= 0.6 is 23.2 Å². The molecule has 0 bridgehead atoms. The molecule has 2 N–H and O–H groups in total. The van der Waals surface area contributed by atoms with Gasteiger partial charge in [0.25, 0.3) is 5.91 Å². The Kier molecular flexibility index (Phi) is 7.91. The van der Waals surface area contributed by atoms with Crippen molar-refractivity contribution in [3.8, 4) is 0 Å². The van der Waals surface area contributed by atoms with E-state index < -0.39 is 51.5 Å². The molecule has 0 heterocycles. The first kappa shape index (κ1) is 23.0. The van der Waals surface area contributed by atoms with E-state index in [1.165, 1.54) is 18.2 Å². The summed E-state index contributed by atoms with van der Waals surface area (Å²) in [5.74, 6) is -4.04. The lowest BCUT2D eigenvalue weighted by Gasteiger charge is -2.09. The highest BCUT2D eigenvalue weighted by atomic mass is 35.5. The lowest BCUT2D eigenvalue weighted by molar-refractivity contribution is -0.147.